The van der Waals surface area contributed by atoms with Crippen molar-refractivity contribution in [2.24, 2.45) is 0 Å². The molecule has 2 heterocycles. The second-order valence-electron chi connectivity index (χ2n) is 5.62. The van der Waals surface area contributed by atoms with E-state index in [0.717, 1.165) is 28.7 Å². The molecule has 1 aromatic carbocycles. The van der Waals surface area contributed by atoms with Gasteiger partial charge in [0.1, 0.15) is 5.82 Å². The van der Waals surface area contributed by atoms with Gasteiger partial charge in [-0.3, -0.25) is 4.79 Å². The van der Waals surface area contributed by atoms with Gasteiger partial charge in [0.25, 0.3) is 5.91 Å². The minimum absolute atomic E-state index is 0.0858. The summed E-state index contributed by atoms with van der Waals surface area (Å²) in [5, 5.41) is 9.26. The highest BCUT2D eigenvalue weighted by atomic mass is 32.2. The predicted octanol–water partition coefficient (Wildman–Crippen LogP) is 2.37. The SMILES string of the molecule is CCn1c(C)nnc1SCc1ccccc1C(=O)N1CCOCC1. The fourth-order valence-electron chi connectivity index (χ4n) is 2.77. The lowest BCUT2D eigenvalue weighted by Crippen LogP contribution is -2.41. The molecule has 0 unspecified atom stereocenters. The van der Waals surface area contributed by atoms with Crippen LogP contribution in [-0.2, 0) is 17.0 Å². The molecule has 1 aliphatic rings. The van der Waals surface area contributed by atoms with Crippen LogP contribution < -0.4 is 0 Å². The number of nitrogens with zero attached hydrogens (tertiary/aromatic N) is 4. The summed E-state index contributed by atoms with van der Waals surface area (Å²) in [6.45, 7) is 7.42. The molecular weight excluding hydrogens is 324 g/mol. The van der Waals surface area contributed by atoms with Crippen molar-refractivity contribution in [1.29, 1.82) is 0 Å². The Balaban J connectivity index is 1.75. The molecule has 0 bridgehead atoms. The minimum Gasteiger partial charge on any atom is -0.378 e. The standard InChI is InChI=1S/C17H22N4O2S/c1-3-21-13(2)18-19-17(21)24-12-14-6-4-5-7-15(14)16(22)20-8-10-23-11-9-20/h4-7H,3,8-12H2,1-2H3. The van der Waals surface area contributed by atoms with Crippen LogP contribution in [0, 0.1) is 6.92 Å². The number of hydrogen-bond acceptors (Lipinski definition) is 5. The number of aromatic nitrogens is 3. The molecule has 1 aliphatic heterocycles. The predicted molar refractivity (Wildman–Crippen MR) is 93.2 cm³/mol. The Bertz CT molecular complexity index is 710. The molecule has 1 saturated heterocycles. The highest BCUT2D eigenvalue weighted by Gasteiger charge is 2.21. The van der Waals surface area contributed by atoms with Crippen LogP contribution in [0.25, 0.3) is 0 Å². The van der Waals surface area contributed by atoms with Gasteiger partial charge in [0.2, 0.25) is 0 Å². The number of benzene rings is 1. The van der Waals surface area contributed by atoms with Crippen LogP contribution in [0.3, 0.4) is 0 Å². The smallest absolute Gasteiger partial charge is 0.254 e. The van der Waals surface area contributed by atoms with E-state index in [1.165, 1.54) is 0 Å². The van der Waals surface area contributed by atoms with Gasteiger partial charge < -0.3 is 14.2 Å². The van der Waals surface area contributed by atoms with Gasteiger partial charge in [0.05, 0.1) is 13.2 Å². The van der Waals surface area contributed by atoms with E-state index < -0.39 is 0 Å². The molecule has 7 heteroatoms. The van der Waals surface area contributed by atoms with Crippen LogP contribution >= 0.6 is 11.8 Å². The van der Waals surface area contributed by atoms with Gasteiger partial charge in [-0.1, -0.05) is 30.0 Å². The van der Waals surface area contributed by atoms with E-state index in [4.69, 9.17) is 4.74 Å². The summed E-state index contributed by atoms with van der Waals surface area (Å²) in [4.78, 5) is 14.7. The summed E-state index contributed by atoms with van der Waals surface area (Å²) < 4.78 is 7.41. The van der Waals surface area contributed by atoms with Crippen molar-refractivity contribution >= 4 is 17.7 Å². The topological polar surface area (TPSA) is 60.2 Å². The minimum atomic E-state index is 0.0858. The summed E-state index contributed by atoms with van der Waals surface area (Å²) in [7, 11) is 0. The van der Waals surface area contributed by atoms with Crippen LogP contribution in [0.1, 0.15) is 28.7 Å². The Kier molecular flexibility index (Phi) is 5.52. The second-order valence-corrected chi connectivity index (χ2v) is 6.57. The molecule has 0 N–H and O–H groups in total. The number of thioether (sulfide) groups is 1. The molecule has 24 heavy (non-hydrogen) atoms. The molecule has 128 valence electrons. The molecule has 1 aromatic heterocycles. The van der Waals surface area contributed by atoms with Crippen molar-refractivity contribution in [3.05, 3.63) is 41.2 Å². The zero-order valence-corrected chi connectivity index (χ0v) is 14.9. The number of hydrogen-bond donors (Lipinski definition) is 0. The van der Waals surface area contributed by atoms with E-state index >= 15 is 0 Å². The maximum absolute atomic E-state index is 12.8. The Morgan fingerprint density at radius 1 is 1.25 bits per heavy atom. The number of morpholine rings is 1. The van der Waals surface area contributed by atoms with Gasteiger partial charge in [0, 0.05) is 31.0 Å². The first-order valence-electron chi connectivity index (χ1n) is 8.18. The fraction of sp³-hybridized carbons (Fsp3) is 0.471. The zero-order valence-electron chi connectivity index (χ0n) is 14.1. The summed E-state index contributed by atoms with van der Waals surface area (Å²) in [5.74, 6) is 1.70. The highest BCUT2D eigenvalue weighted by molar-refractivity contribution is 7.98. The summed E-state index contributed by atoms with van der Waals surface area (Å²) >= 11 is 1.62. The van der Waals surface area contributed by atoms with E-state index in [1.807, 2.05) is 36.1 Å². The third-order valence-electron chi connectivity index (χ3n) is 4.12. The molecular formula is C17H22N4O2S. The monoisotopic (exact) mass is 346 g/mol. The van der Waals surface area contributed by atoms with E-state index in [1.54, 1.807) is 11.8 Å². The third-order valence-corrected chi connectivity index (χ3v) is 5.14. The van der Waals surface area contributed by atoms with E-state index in [2.05, 4.69) is 21.7 Å². The quantitative estimate of drug-likeness (QED) is 0.778. The van der Waals surface area contributed by atoms with Crippen LogP contribution in [0.15, 0.2) is 29.4 Å². The van der Waals surface area contributed by atoms with Crippen LogP contribution in [-0.4, -0.2) is 51.9 Å². The second kappa shape index (κ2) is 7.81. The van der Waals surface area contributed by atoms with Gasteiger partial charge in [-0.2, -0.15) is 0 Å². The van der Waals surface area contributed by atoms with Gasteiger partial charge >= 0.3 is 0 Å². The Morgan fingerprint density at radius 2 is 2.00 bits per heavy atom. The molecule has 0 atom stereocenters. The van der Waals surface area contributed by atoms with Crippen molar-refractivity contribution in [2.45, 2.75) is 31.3 Å². The first kappa shape index (κ1) is 17.0. The average molecular weight is 346 g/mol. The van der Waals surface area contributed by atoms with Crippen molar-refractivity contribution in [3.8, 4) is 0 Å². The molecule has 0 spiro atoms. The van der Waals surface area contributed by atoms with Gasteiger partial charge in [0.15, 0.2) is 5.16 Å². The first-order chi connectivity index (χ1) is 11.7. The van der Waals surface area contributed by atoms with Gasteiger partial charge in [-0.05, 0) is 25.5 Å². The van der Waals surface area contributed by atoms with Crippen molar-refractivity contribution in [1.82, 2.24) is 19.7 Å². The van der Waals surface area contributed by atoms with Crippen LogP contribution in [0.5, 0.6) is 0 Å². The molecule has 1 fully saturated rings. The lowest BCUT2D eigenvalue weighted by Gasteiger charge is -2.27. The lowest BCUT2D eigenvalue weighted by molar-refractivity contribution is 0.0302. The van der Waals surface area contributed by atoms with Crippen molar-refractivity contribution < 1.29 is 9.53 Å². The number of ether oxygens (including phenoxy) is 1. The van der Waals surface area contributed by atoms with Crippen molar-refractivity contribution in [3.63, 3.8) is 0 Å². The average Bonchev–Trinajstić information content (AvgIpc) is 3.00. The molecule has 3 rings (SSSR count). The number of carbonyl (C=O) groups excluding carboxylic acids is 1. The van der Waals surface area contributed by atoms with E-state index in [-0.39, 0.29) is 5.91 Å². The number of carbonyl (C=O) groups is 1. The number of aryl methyl sites for hydroxylation is 1. The molecule has 1 amide bonds. The Labute approximate surface area is 146 Å². The van der Waals surface area contributed by atoms with Crippen LogP contribution in [0.4, 0.5) is 0 Å². The fourth-order valence-corrected chi connectivity index (χ4v) is 3.82. The molecule has 0 radical (unpaired) electrons. The highest BCUT2D eigenvalue weighted by Crippen LogP contribution is 2.24. The lowest BCUT2D eigenvalue weighted by atomic mass is 10.1. The maximum Gasteiger partial charge on any atom is 0.254 e. The summed E-state index contributed by atoms with van der Waals surface area (Å²) in [5.41, 5.74) is 1.80. The number of rotatable bonds is 5. The van der Waals surface area contributed by atoms with Crippen LogP contribution in [0.2, 0.25) is 0 Å². The number of amides is 1. The van der Waals surface area contributed by atoms with Crippen molar-refractivity contribution in [2.75, 3.05) is 26.3 Å². The van der Waals surface area contributed by atoms with E-state index in [0.29, 0.717) is 32.1 Å². The maximum atomic E-state index is 12.8. The van der Waals surface area contributed by atoms with Gasteiger partial charge in [-0.15, -0.1) is 10.2 Å². The van der Waals surface area contributed by atoms with E-state index in [9.17, 15) is 4.79 Å². The zero-order chi connectivity index (χ0) is 16.9. The largest absolute Gasteiger partial charge is 0.378 e. The summed E-state index contributed by atoms with van der Waals surface area (Å²) in [6, 6.07) is 7.81. The molecule has 0 saturated carbocycles. The molecule has 0 aliphatic carbocycles. The molecule has 6 nitrogen and oxygen atoms in total. The normalized spacial score (nSPS) is 14.8. The summed E-state index contributed by atoms with van der Waals surface area (Å²) in [6.07, 6.45) is 0. The molecule has 2 aromatic rings. The third kappa shape index (κ3) is 3.62. The Morgan fingerprint density at radius 3 is 2.75 bits per heavy atom. The Hall–Kier alpha value is -1.86. The van der Waals surface area contributed by atoms with Gasteiger partial charge in [-0.25, -0.2) is 0 Å². The first-order valence-corrected chi connectivity index (χ1v) is 9.16.